The summed E-state index contributed by atoms with van der Waals surface area (Å²) in [5.74, 6) is 0.919. The van der Waals surface area contributed by atoms with E-state index in [1.165, 1.54) is 11.8 Å². The Kier molecular flexibility index (Phi) is 5.12. The zero-order valence-corrected chi connectivity index (χ0v) is 14.1. The normalized spacial score (nSPS) is 17.6. The van der Waals surface area contributed by atoms with Gasteiger partial charge in [-0.25, -0.2) is 4.98 Å². The minimum atomic E-state index is -0.0872. The van der Waals surface area contributed by atoms with E-state index in [0.717, 1.165) is 35.4 Å². The number of carbonyl (C=O) groups excluding carboxylic acids is 1. The number of hydrogen-bond acceptors (Lipinski definition) is 5. The highest BCUT2D eigenvalue weighted by molar-refractivity contribution is 9.10. The number of ether oxygens (including phenoxy) is 1. The van der Waals surface area contributed by atoms with E-state index in [0.29, 0.717) is 5.16 Å². The number of nitrogens with zero attached hydrogens (tertiary/aromatic N) is 2. The van der Waals surface area contributed by atoms with Crippen molar-refractivity contribution in [3.05, 3.63) is 34.6 Å². The highest BCUT2D eigenvalue weighted by Crippen LogP contribution is 2.27. The Morgan fingerprint density at radius 2 is 2.27 bits per heavy atom. The summed E-state index contributed by atoms with van der Waals surface area (Å²) in [5, 5.41) is 10.4. The minimum Gasteiger partial charge on any atom is -0.370 e. The van der Waals surface area contributed by atoms with Crippen LogP contribution in [0, 0.1) is 0 Å². The number of hydrogen-bond donors (Lipinski definition) is 2. The Morgan fingerprint density at radius 1 is 1.45 bits per heavy atom. The molecule has 116 valence electrons. The Morgan fingerprint density at radius 3 is 3.00 bits per heavy atom. The number of amides is 1. The molecule has 0 aliphatic carbocycles. The fraction of sp³-hybridized carbons (Fsp3) is 0.357. The van der Waals surface area contributed by atoms with Gasteiger partial charge in [-0.15, -0.1) is 5.10 Å². The van der Waals surface area contributed by atoms with Crippen LogP contribution in [-0.2, 0) is 9.53 Å². The highest BCUT2D eigenvalue weighted by atomic mass is 79.9. The van der Waals surface area contributed by atoms with Gasteiger partial charge in [0, 0.05) is 16.8 Å². The molecule has 1 fully saturated rings. The lowest BCUT2D eigenvalue weighted by Gasteiger charge is -2.04. The van der Waals surface area contributed by atoms with Crippen molar-refractivity contribution in [2.75, 3.05) is 17.7 Å². The number of thioether (sulfide) groups is 1. The Bertz CT molecular complexity index is 641. The number of rotatable bonds is 5. The Balaban J connectivity index is 1.49. The van der Waals surface area contributed by atoms with Gasteiger partial charge in [0.05, 0.1) is 5.75 Å². The van der Waals surface area contributed by atoms with Crippen LogP contribution in [0.15, 0.2) is 33.9 Å². The van der Waals surface area contributed by atoms with Gasteiger partial charge in [0.1, 0.15) is 6.10 Å². The number of anilines is 1. The second-order valence-electron chi connectivity index (χ2n) is 4.85. The highest BCUT2D eigenvalue weighted by Gasteiger charge is 2.21. The molecule has 0 radical (unpaired) electrons. The SMILES string of the molecule is O=C(CSc1n[nH]c([C@@H]2CCCO2)n1)Nc1ccc(Br)cc1. The van der Waals surface area contributed by atoms with Gasteiger partial charge in [-0.05, 0) is 37.1 Å². The van der Waals surface area contributed by atoms with Crippen molar-refractivity contribution in [3.8, 4) is 0 Å². The van der Waals surface area contributed by atoms with Crippen molar-refractivity contribution in [3.63, 3.8) is 0 Å². The predicted octanol–water partition coefficient (Wildman–Crippen LogP) is 3.15. The second kappa shape index (κ2) is 7.26. The van der Waals surface area contributed by atoms with Crippen LogP contribution in [0.25, 0.3) is 0 Å². The lowest BCUT2D eigenvalue weighted by atomic mass is 10.2. The van der Waals surface area contributed by atoms with Crippen LogP contribution >= 0.6 is 27.7 Å². The Labute approximate surface area is 140 Å². The van der Waals surface area contributed by atoms with Gasteiger partial charge in [0.15, 0.2) is 5.82 Å². The molecule has 2 N–H and O–H groups in total. The molecule has 8 heteroatoms. The van der Waals surface area contributed by atoms with Crippen molar-refractivity contribution in [2.24, 2.45) is 0 Å². The van der Waals surface area contributed by atoms with Gasteiger partial charge in [0.25, 0.3) is 0 Å². The third-order valence-corrected chi connectivity index (χ3v) is 4.55. The zero-order valence-electron chi connectivity index (χ0n) is 11.7. The van der Waals surface area contributed by atoms with Crippen molar-refractivity contribution >= 4 is 39.3 Å². The average molecular weight is 383 g/mol. The fourth-order valence-electron chi connectivity index (χ4n) is 2.12. The summed E-state index contributed by atoms with van der Waals surface area (Å²) >= 11 is 4.66. The first-order chi connectivity index (χ1) is 10.7. The molecule has 0 bridgehead atoms. The molecule has 0 spiro atoms. The molecule has 1 atom stereocenters. The average Bonchev–Trinajstić information content (AvgIpc) is 3.18. The molecule has 3 rings (SSSR count). The van der Waals surface area contributed by atoms with E-state index in [1.54, 1.807) is 0 Å². The van der Waals surface area contributed by atoms with E-state index >= 15 is 0 Å². The molecule has 1 aliphatic rings. The summed E-state index contributed by atoms with van der Waals surface area (Å²) in [5.41, 5.74) is 0.767. The number of nitrogens with one attached hydrogen (secondary N) is 2. The first-order valence-corrected chi connectivity index (χ1v) is 8.71. The predicted molar refractivity (Wildman–Crippen MR) is 87.8 cm³/mol. The summed E-state index contributed by atoms with van der Waals surface area (Å²) in [6.07, 6.45) is 2.02. The molecule has 1 aromatic heterocycles. The van der Waals surface area contributed by atoms with Crippen molar-refractivity contribution in [1.29, 1.82) is 0 Å². The number of carbonyl (C=O) groups is 1. The van der Waals surface area contributed by atoms with Gasteiger partial charge < -0.3 is 10.1 Å². The van der Waals surface area contributed by atoms with Crippen molar-refractivity contribution < 1.29 is 9.53 Å². The number of H-pyrrole nitrogens is 1. The Hall–Kier alpha value is -1.38. The van der Waals surface area contributed by atoms with Crippen LogP contribution in [0.4, 0.5) is 5.69 Å². The molecular weight excluding hydrogens is 368 g/mol. The van der Waals surface area contributed by atoms with Crippen LogP contribution in [-0.4, -0.2) is 33.4 Å². The van der Waals surface area contributed by atoms with Gasteiger partial charge in [-0.1, -0.05) is 27.7 Å². The number of benzene rings is 1. The van der Waals surface area contributed by atoms with Crippen LogP contribution in [0.1, 0.15) is 24.8 Å². The van der Waals surface area contributed by atoms with E-state index in [4.69, 9.17) is 4.74 Å². The lowest BCUT2D eigenvalue weighted by Crippen LogP contribution is -2.14. The molecule has 0 unspecified atom stereocenters. The molecule has 6 nitrogen and oxygen atoms in total. The van der Waals surface area contributed by atoms with Gasteiger partial charge in [0.2, 0.25) is 11.1 Å². The maximum absolute atomic E-state index is 11.9. The third kappa shape index (κ3) is 4.08. The maximum Gasteiger partial charge on any atom is 0.234 e. The molecular formula is C14H15BrN4O2S. The molecule has 1 aromatic carbocycles. The minimum absolute atomic E-state index is 0.0124. The summed E-state index contributed by atoms with van der Waals surface area (Å²) in [4.78, 5) is 16.3. The van der Waals surface area contributed by atoms with Crippen LogP contribution in [0.5, 0.6) is 0 Å². The van der Waals surface area contributed by atoms with Crippen molar-refractivity contribution in [2.45, 2.75) is 24.1 Å². The zero-order chi connectivity index (χ0) is 15.4. The number of aromatic amines is 1. The monoisotopic (exact) mass is 382 g/mol. The summed E-state index contributed by atoms with van der Waals surface area (Å²) in [6, 6.07) is 7.45. The van der Waals surface area contributed by atoms with Crippen LogP contribution in [0.2, 0.25) is 0 Å². The number of halogens is 1. The quantitative estimate of drug-likeness (QED) is 0.776. The number of aromatic nitrogens is 3. The van der Waals surface area contributed by atoms with Gasteiger partial charge >= 0.3 is 0 Å². The first kappa shape index (κ1) is 15.5. The third-order valence-electron chi connectivity index (χ3n) is 3.18. The van der Waals surface area contributed by atoms with Gasteiger partial charge in [-0.2, -0.15) is 0 Å². The van der Waals surface area contributed by atoms with Crippen molar-refractivity contribution in [1.82, 2.24) is 15.2 Å². The smallest absolute Gasteiger partial charge is 0.234 e. The van der Waals surface area contributed by atoms with E-state index in [1.807, 2.05) is 24.3 Å². The second-order valence-corrected chi connectivity index (χ2v) is 6.71. The molecule has 1 saturated heterocycles. The molecule has 22 heavy (non-hydrogen) atoms. The summed E-state index contributed by atoms with van der Waals surface area (Å²) in [7, 11) is 0. The van der Waals surface area contributed by atoms with E-state index < -0.39 is 0 Å². The van der Waals surface area contributed by atoms with E-state index in [2.05, 4.69) is 36.4 Å². The standard InChI is InChI=1S/C14H15BrN4O2S/c15-9-3-5-10(6-4-9)16-12(20)8-22-14-17-13(18-19-14)11-2-1-7-21-11/h3-6,11H,1-2,7-8H2,(H,16,20)(H,17,18,19)/t11-/m0/s1. The first-order valence-electron chi connectivity index (χ1n) is 6.93. The topological polar surface area (TPSA) is 79.9 Å². The molecule has 2 aromatic rings. The van der Waals surface area contributed by atoms with Crippen LogP contribution in [0.3, 0.4) is 0 Å². The summed E-state index contributed by atoms with van der Waals surface area (Å²) < 4.78 is 6.51. The van der Waals surface area contributed by atoms with E-state index in [9.17, 15) is 4.79 Å². The van der Waals surface area contributed by atoms with Gasteiger partial charge in [-0.3, -0.25) is 9.89 Å². The maximum atomic E-state index is 11.9. The molecule has 1 amide bonds. The lowest BCUT2D eigenvalue weighted by molar-refractivity contribution is -0.113. The molecule has 2 heterocycles. The summed E-state index contributed by atoms with van der Waals surface area (Å²) in [6.45, 7) is 0.767. The molecule has 1 aliphatic heterocycles. The van der Waals surface area contributed by atoms with Crippen LogP contribution < -0.4 is 5.32 Å². The largest absolute Gasteiger partial charge is 0.370 e. The molecule has 0 saturated carbocycles. The van der Waals surface area contributed by atoms with E-state index in [-0.39, 0.29) is 17.8 Å². The fourth-order valence-corrected chi connectivity index (χ4v) is 2.99.